The average Bonchev–Trinajstić information content (AvgIpc) is 3.61. The fourth-order valence-corrected chi connectivity index (χ4v) is 6.62. The molecule has 2 aromatic carbocycles. The zero-order valence-electron chi connectivity index (χ0n) is 25.4. The first-order valence-electron chi connectivity index (χ1n) is 15.2. The molecule has 0 unspecified atom stereocenters. The SMILES string of the molecule is CN1CCN(c2c(C(N)=O)c(-c3cccc4ccccc34)cn2Cc2cncn2CC2CCN(C(=O)N(C)C)CC2)CC1. The lowest BCUT2D eigenvalue weighted by molar-refractivity contribution is 0.100. The fourth-order valence-electron chi connectivity index (χ4n) is 6.62. The molecule has 2 fully saturated rings. The van der Waals surface area contributed by atoms with Crippen molar-refractivity contribution >= 4 is 28.5 Å². The van der Waals surface area contributed by atoms with Crippen molar-refractivity contribution in [3.63, 3.8) is 0 Å². The molecular formula is C33H42N8O2. The lowest BCUT2D eigenvalue weighted by Gasteiger charge is -2.35. The molecule has 2 aliphatic heterocycles. The maximum absolute atomic E-state index is 13.2. The Bertz CT molecular complexity index is 1600. The summed E-state index contributed by atoms with van der Waals surface area (Å²) in [5.41, 5.74) is 9.71. The maximum atomic E-state index is 13.2. The van der Waals surface area contributed by atoms with E-state index in [1.807, 2.05) is 35.6 Å². The Hall–Kier alpha value is -4.31. The van der Waals surface area contributed by atoms with E-state index in [0.717, 1.165) is 92.1 Å². The highest BCUT2D eigenvalue weighted by Crippen LogP contribution is 2.38. The predicted octanol–water partition coefficient (Wildman–Crippen LogP) is 3.80. The van der Waals surface area contributed by atoms with E-state index in [0.29, 0.717) is 18.0 Å². The van der Waals surface area contributed by atoms with Crippen LogP contribution in [0.2, 0.25) is 0 Å². The van der Waals surface area contributed by atoms with Crippen LogP contribution in [-0.2, 0) is 13.1 Å². The van der Waals surface area contributed by atoms with E-state index in [-0.39, 0.29) is 6.03 Å². The number of hydrogen-bond acceptors (Lipinski definition) is 5. The van der Waals surface area contributed by atoms with Crippen molar-refractivity contribution in [1.82, 2.24) is 28.8 Å². The Kier molecular flexibility index (Phi) is 8.12. The third-order valence-electron chi connectivity index (χ3n) is 9.03. The number of anilines is 1. The molecule has 4 heterocycles. The predicted molar refractivity (Wildman–Crippen MR) is 170 cm³/mol. The van der Waals surface area contributed by atoms with Crippen LogP contribution >= 0.6 is 0 Å². The van der Waals surface area contributed by atoms with Gasteiger partial charge < -0.3 is 34.5 Å². The van der Waals surface area contributed by atoms with Crippen molar-refractivity contribution in [1.29, 1.82) is 0 Å². The highest BCUT2D eigenvalue weighted by molar-refractivity contribution is 6.09. The molecule has 10 heteroatoms. The van der Waals surface area contributed by atoms with Crippen LogP contribution in [0.3, 0.4) is 0 Å². The summed E-state index contributed by atoms with van der Waals surface area (Å²) in [4.78, 5) is 38.4. The first-order chi connectivity index (χ1) is 20.8. The third-order valence-corrected chi connectivity index (χ3v) is 9.03. The Morgan fingerprint density at radius 1 is 0.930 bits per heavy atom. The minimum absolute atomic E-state index is 0.0815. The number of piperazine rings is 1. The van der Waals surface area contributed by atoms with Gasteiger partial charge in [-0.25, -0.2) is 9.78 Å². The van der Waals surface area contributed by atoms with Gasteiger partial charge in [-0.3, -0.25) is 4.79 Å². The molecule has 0 atom stereocenters. The molecule has 226 valence electrons. The second-order valence-corrected chi connectivity index (χ2v) is 12.2. The molecule has 2 aliphatic rings. The zero-order valence-corrected chi connectivity index (χ0v) is 25.4. The van der Waals surface area contributed by atoms with Gasteiger partial charge in [0.05, 0.1) is 24.1 Å². The minimum Gasteiger partial charge on any atom is -0.365 e. The summed E-state index contributed by atoms with van der Waals surface area (Å²) in [5, 5.41) is 2.22. The Morgan fingerprint density at radius 3 is 2.37 bits per heavy atom. The number of nitrogens with zero attached hydrogens (tertiary/aromatic N) is 7. The van der Waals surface area contributed by atoms with Crippen LogP contribution in [0.25, 0.3) is 21.9 Å². The van der Waals surface area contributed by atoms with E-state index in [9.17, 15) is 9.59 Å². The van der Waals surface area contributed by atoms with Crippen molar-refractivity contribution in [2.45, 2.75) is 25.9 Å². The molecular weight excluding hydrogens is 540 g/mol. The van der Waals surface area contributed by atoms with Crippen molar-refractivity contribution in [2.75, 3.05) is 65.3 Å². The summed E-state index contributed by atoms with van der Waals surface area (Å²) in [6.07, 6.45) is 7.87. The number of hydrogen-bond donors (Lipinski definition) is 1. The fraction of sp³-hybridized carbons (Fsp3) is 0.424. The summed E-state index contributed by atoms with van der Waals surface area (Å²) < 4.78 is 4.44. The van der Waals surface area contributed by atoms with Crippen molar-refractivity contribution in [3.05, 3.63) is 72.4 Å². The number of fused-ring (bicyclic) bond motifs is 1. The molecule has 2 N–H and O–H groups in total. The number of likely N-dealkylation sites (N-methyl/N-ethyl adjacent to an activating group) is 1. The van der Waals surface area contributed by atoms with Crippen LogP contribution in [0.15, 0.2) is 61.2 Å². The van der Waals surface area contributed by atoms with Crippen LogP contribution < -0.4 is 10.6 Å². The van der Waals surface area contributed by atoms with E-state index >= 15 is 0 Å². The molecule has 0 saturated carbocycles. The largest absolute Gasteiger partial charge is 0.365 e. The van der Waals surface area contributed by atoms with Gasteiger partial charge in [-0.15, -0.1) is 0 Å². The summed E-state index contributed by atoms with van der Waals surface area (Å²) in [6.45, 7) is 6.44. The van der Waals surface area contributed by atoms with E-state index in [1.54, 1.807) is 19.0 Å². The van der Waals surface area contributed by atoms with Gasteiger partial charge in [0.25, 0.3) is 5.91 Å². The zero-order chi connectivity index (χ0) is 30.1. The Morgan fingerprint density at radius 2 is 1.65 bits per heavy atom. The van der Waals surface area contributed by atoms with E-state index < -0.39 is 5.91 Å². The average molecular weight is 583 g/mol. The number of piperidine rings is 1. The second kappa shape index (κ2) is 12.1. The number of imidazole rings is 1. The Labute approximate surface area is 253 Å². The lowest BCUT2D eigenvalue weighted by atomic mass is 9.97. The van der Waals surface area contributed by atoms with Gasteiger partial charge >= 0.3 is 6.03 Å². The van der Waals surface area contributed by atoms with Crippen LogP contribution in [-0.4, -0.2) is 101 Å². The standard InChI is InChI=1S/C33H42N8O2/c1-36(2)33(43)39-13-11-24(12-14-39)20-41-23-35-19-26(41)21-40-22-29(28-10-6-8-25-7-4-5-9-27(25)28)30(31(34)42)32(40)38-17-15-37(3)16-18-38/h4-10,19,22-24H,11-18,20-21H2,1-3H3,(H2,34,42). The van der Waals surface area contributed by atoms with Crippen LogP contribution in [0.5, 0.6) is 0 Å². The van der Waals surface area contributed by atoms with Crippen LogP contribution in [0.4, 0.5) is 10.6 Å². The van der Waals surface area contributed by atoms with Gasteiger partial charge in [-0.1, -0.05) is 42.5 Å². The topological polar surface area (TPSA) is 95.9 Å². The van der Waals surface area contributed by atoms with Crippen molar-refractivity contribution in [2.24, 2.45) is 11.7 Å². The highest BCUT2D eigenvalue weighted by Gasteiger charge is 2.29. The van der Waals surface area contributed by atoms with Crippen LogP contribution in [0.1, 0.15) is 28.9 Å². The number of aromatic nitrogens is 3. The molecule has 43 heavy (non-hydrogen) atoms. The molecule has 0 aliphatic carbocycles. The molecule has 0 radical (unpaired) electrons. The van der Waals surface area contributed by atoms with Gasteiger partial charge in [0, 0.05) is 77.9 Å². The van der Waals surface area contributed by atoms with E-state index in [2.05, 4.69) is 61.4 Å². The van der Waals surface area contributed by atoms with E-state index in [4.69, 9.17) is 5.73 Å². The monoisotopic (exact) mass is 582 g/mol. The lowest BCUT2D eigenvalue weighted by Crippen LogP contribution is -2.45. The number of nitrogens with two attached hydrogens (primary N) is 1. The number of urea groups is 1. The molecule has 10 nitrogen and oxygen atoms in total. The molecule has 2 saturated heterocycles. The molecule has 2 aromatic heterocycles. The normalized spacial score (nSPS) is 16.6. The number of amides is 3. The molecule has 0 bridgehead atoms. The van der Waals surface area contributed by atoms with E-state index in [1.165, 1.54) is 0 Å². The number of benzene rings is 2. The number of primary amides is 1. The summed E-state index contributed by atoms with van der Waals surface area (Å²) in [7, 11) is 5.74. The van der Waals surface area contributed by atoms with Crippen molar-refractivity contribution < 1.29 is 9.59 Å². The first-order valence-corrected chi connectivity index (χ1v) is 15.2. The molecule has 3 amide bonds. The van der Waals surface area contributed by atoms with Gasteiger partial charge in [0.2, 0.25) is 0 Å². The van der Waals surface area contributed by atoms with Gasteiger partial charge in [-0.2, -0.15) is 0 Å². The number of carbonyl (C=O) groups is 2. The molecule has 0 spiro atoms. The number of likely N-dealkylation sites (tertiary alicyclic amines) is 1. The Balaban J connectivity index is 1.34. The summed E-state index contributed by atoms with van der Waals surface area (Å²) >= 11 is 0. The van der Waals surface area contributed by atoms with Gasteiger partial charge in [-0.05, 0) is 42.1 Å². The highest BCUT2D eigenvalue weighted by atomic mass is 16.2. The summed E-state index contributed by atoms with van der Waals surface area (Å²) in [5.74, 6) is 0.934. The second-order valence-electron chi connectivity index (χ2n) is 12.2. The molecule has 6 rings (SSSR count). The summed E-state index contributed by atoms with van der Waals surface area (Å²) in [6, 6.07) is 14.6. The molecule has 4 aromatic rings. The maximum Gasteiger partial charge on any atom is 0.319 e. The minimum atomic E-state index is -0.414. The van der Waals surface area contributed by atoms with Crippen LogP contribution in [0, 0.1) is 5.92 Å². The van der Waals surface area contributed by atoms with Gasteiger partial charge in [0.15, 0.2) is 0 Å². The smallest absolute Gasteiger partial charge is 0.319 e. The van der Waals surface area contributed by atoms with Gasteiger partial charge in [0.1, 0.15) is 5.82 Å². The first kappa shape index (κ1) is 28.8. The quantitative estimate of drug-likeness (QED) is 0.358. The number of carbonyl (C=O) groups excluding carboxylic acids is 2. The number of rotatable bonds is 7. The third kappa shape index (κ3) is 5.84. The van der Waals surface area contributed by atoms with Crippen molar-refractivity contribution in [3.8, 4) is 11.1 Å².